The highest BCUT2D eigenvalue weighted by molar-refractivity contribution is 8.00. The van der Waals surface area contributed by atoms with Gasteiger partial charge in [0, 0.05) is 12.0 Å². The van der Waals surface area contributed by atoms with Crippen LogP contribution in [0.25, 0.3) is 0 Å². The van der Waals surface area contributed by atoms with Crippen LogP contribution in [0.4, 0.5) is 0 Å². The van der Waals surface area contributed by atoms with Crippen molar-refractivity contribution >= 4 is 27.4 Å². The number of nitrogens with zero attached hydrogens (tertiary/aromatic N) is 2. The van der Waals surface area contributed by atoms with Gasteiger partial charge in [0.15, 0.2) is 21.4 Å². The summed E-state index contributed by atoms with van der Waals surface area (Å²) in [4.78, 5) is 15.5. The van der Waals surface area contributed by atoms with Gasteiger partial charge >= 0.3 is 0 Å². The van der Waals surface area contributed by atoms with Gasteiger partial charge in [-0.25, -0.2) is 8.42 Å². The van der Waals surface area contributed by atoms with Crippen LogP contribution < -0.4 is 0 Å². The Hall–Kier alpha value is -0.890. The third-order valence-corrected chi connectivity index (χ3v) is 5.23. The molecule has 2 heterocycles. The minimum Gasteiger partial charge on any atom is -0.338 e. The molecule has 2 rings (SSSR count). The molecule has 0 saturated carbocycles. The molecule has 1 aliphatic rings. The van der Waals surface area contributed by atoms with Crippen molar-refractivity contribution in [3.63, 3.8) is 0 Å². The molecule has 1 aliphatic heterocycles. The smallest absolute Gasteiger partial charge is 0.238 e. The summed E-state index contributed by atoms with van der Waals surface area (Å²) in [7, 11) is -3.25. The molecule has 0 aliphatic carbocycles. The Balaban J connectivity index is 2.24. The fourth-order valence-electron chi connectivity index (χ4n) is 1.43. The van der Waals surface area contributed by atoms with E-state index in [0.29, 0.717) is 11.5 Å². The Morgan fingerprint density at radius 2 is 2.24 bits per heavy atom. The summed E-state index contributed by atoms with van der Waals surface area (Å²) in [5.41, 5.74) is 0. The monoisotopic (exact) mass is 276 g/mol. The largest absolute Gasteiger partial charge is 0.338 e. The van der Waals surface area contributed by atoms with Crippen molar-refractivity contribution in [3.8, 4) is 0 Å². The van der Waals surface area contributed by atoms with Crippen molar-refractivity contribution in [2.45, 2.75) is 18.1 Å². The highest BCUT2D eigenvalue weighted by Gasteiger charge is 2.33. The van der Waals surface area contributed by atoms with Crippen LogP contribution in [-0.2, 0) is 14.6 Å². The number of carbonyl (C=O) groups is 1. The molecule has 0 amide bonds. The fraction of sp³-hybridized carbons (Fsp3) is 0.667. The number of thioether (sulfide) groups is 1. The standard InChI is InChI=1S/C9H12N2O4S2/c1-5(17(2,13)14)8-10-9(15-11-8)6-3-16-4-7(6)12/h5-6H,3-4H2,1-2H3. The molecule has 0 aromatic carbocycles. The highest BCUT2D eigenvalue weighted by Crippen LogP contribution is 2.29. The first-order valence-electron chi connectivity index (χ1n) is 5.02. The summed E-state index contributed by atoms with van der Waals surface area (Å²) < 4.78 is 27.6. The SMILES string of the molecule is CC(c1noc(C2CSCC2=O)n1)S(C)(=O)=O. The average molecular weight is 276 g/mol. The molecule has 1 saturated heterocycles. The van der Waals surface area contributed by atoms with Crippen LogP contribution in [0.1, 0.15) is 29.8 Å². The quantitative estimate of drug-likeness (QED) is 0.797. The lowest BCUT2D eigenvalue weighted by Crippen LogP contribution is -2.11. The number of Topliss-reactive ketones (excluding diaryl/α,β-unsaturated/α-hetero) is 1. The molecular formula is C9H12N2O4S2. The van der Waals surface area contributed by atoms with Crippen molar-refractivity contribution < 1.29 is 17.7 Å². The summed E-state index contributed by atoms with van der Waals surface area (Å²) in [5.74, 6) is 1.08. The minimum atomic E-state index is -3.25. The van der Waals surface area contributed by atoms with E-state index in [2.05, 4.69) is 10.1 Å². The summed E-state index contributed by atoms with van der Waals surface area (Å²) in [6.45, 7) is 1.50. The molecule has 2 unspecified atom stereocenters. The van der Waals surface area contributed by atoms with Gasteiger partial charge in [-0.15, -0.1) is 0 Å². The molecule has 0 bridgehead atoms. The van der Waals surface area contributed by atoms with Crippen LogP contribution in [0.15, 0.2) is 4.52 Å². The van der Waals surface area contributed by atoms with E-state index in [-0.39, 0.29) is 23.4 Å². The minimum absolute atomic E-state index is 0.0530. The lowest BCUT2D eigenvalue weighted by atomic mass is 10.1. The van der Waals surface area contributed by atoms with E-state index in [1.54, 1.807) is 0 Å². The van der Waals surface area contributed by atoms with E-state index in [4.69, 9.17) is 4.52 Å². The van der Waals surface area contributed by atoms with E-state index in [1.165, 1.54) is 18.7 Å². The zero-order valence-electron chi connectivity index (χ0n) is 9.41. The van der Waals surface area contributed by atoms with E-state index >= 15 is 0 Å². The van der Waals surface area contributed by atoms with E-state index in [0.717, 1.165) is 6.26 Å². The Kier molecular flexibility index (Phi) is 3.26. The number of hydrogen-bond acceptors (Lipinski definition) is 7. The van der Waals surface area contributed by atoms with Gasteiger partial charge in [-0.2, -0.15) is 16.7 Å². The summed E-state index contributed by atoms with van der Waals surface area (Å²) in [6, 6.07) is 0. The Bertz CT molecular complexity index is 537. The second kappa shape index (κ2) is 4.41. The van der Waals surface area contributed by atoms with Crippen molar-refractivity contribution in [2.75, 3.05) is 17.8 Å². The molecule has 0 N–H and O–H groups in total. The van der Waals surface area contributed by atoms with Gasteiger partial charge in [0.1, 0.15) is 11.2 Å². The Labute approximate surface area is 103 Å². The molecular weight excluding hydrogens is 264 g/mol. The second-order valence-corrected chi connectivity index (χ2v) is 7.39. The third kappa shape index (κ3) is 2.52. The van der Waals surface area contributed by atoms with Gasteiger partial charge in [-0.1, -0.05) is 5.16 Å². The first-order chi connectivity index (χ1) is 7.89. The molecule has 0 radical (unpaired) electrons. The maximum atomic E-state index is 11.5. The molecule has 1 aromatic heterocycles. The zero-order valence-corrected chi connectivity index (χ0v) is 11.0. The molecule has 17 heavy (non-hydrogen) atoms. The van der Waals surface area contributed by atoms with E-state index in [9.17, 15) is 13.2 Å². The molecule has 94 valence electrons. The Morgan fingerprint density at radius 3 is 2.76 bits per heavy atom. The topological polar surface area (TPSA) is 90.1 Å². The number of sulfone groups is 1. The second-order valence-electron chi connectivity index (χ2n) is 4.00. The fourth-order valence-corrected chi connectivity index (χ4v) is 2.99. The maximum absolute atomic E-state index is 11.5. The van der Waals surface area contributed by atoms with Gasteiger partial charge in [0.2, 0.25) is 5.89 Å². The van der Waals surface area contributed by atoms with E-state index < -0.39 is 15.1 Å². The summed E-state index contributed by atoms with van der Waals surface area (Å²) >= 11 is 1.51. The molecule has 1 aromatic rings. The number of aromatic nitrogens is 2. The van der Waals surface area contributed by atoms with Crippen molar-refractivity contribution in [3.05, 3.63) is 11.7 Å². The number of ketones is 1. The lowest BCUT2D eigenvalue weighted by Gasteiger charge is -2.02. The molecule has 1 fully saturated rings. The van der Waals surface area contributed by atoms with Crippen LogP contribution in [0.2, 0.25) is 0 Å². The van der Waals surface area contributed by atoms with Gasteiger partial charge < -0.3 is 4.52 Å². The Morgan fingerprint density at radius 1 is 1.53 bits per heavy atom. The first kappa shape index (κ1) is 12.6. The zero-order chi connectivity index (χ0) is 12.6. The van der Waals surface area contributed by atoms with Gasteiger partial charge in [0.05, 0.1) is 5.75 Å². The highest BCUT2D eigenvalue weighted by atomic mass is 32.2. The summed E-state index contributed by atoms with van der Waals surface area (Å²) in [6.07, 6.45) is 1.12. The predicted octanol–water partition coefficient (Wildman–Crippen LogP) is 0.575. The van der Waals surface area contributed by atoms with Crippen LogP contribution in [0.5, 0.6) is 0 Å². The molecule has 8 heteroatoms. The van der Waals surface area contributed by atoms with Crippen LogP contribution in [0, 0.1) is 0 Å². The normalized spacial score (nSPS) is 22.9. The third-order valence-electron chi connectivity index (χ3n) is 2.68. The van der Waals surface area contributed by atoms with Crippen molar-refractivity contribution in [1.82, 2.24) is 10.1 Å². The van der Waals surface area contributed by atoms with E-state index in [1.807, 2.05) is 0 Å². The van der Waals surface area contributed by atoms with Crippen LogP contribution >= 0.6 is 11.8 Å². The average Bonchev–Trinajstić information content (AvgIpc) is 2.83. The van der Waals surface area contributed by atoms with Crippen LogP contribution in [0.3, 0.4) is 0 Å². The molecule has 2 atom stereocenters. The lowest BCUT2D eigenvalue weighted by molar-refractivity contribution is -0.117. The maximum Gasteiger partial charge on any atom is 0.238 e. The first-order valence-corrected chi connectivity index (χ1v) is 8.13. The van der Waals surface area contributed by atoms with Crippen molar-refractivity contribution in [1.29, 1.82) is 0 Å². The van der Waals surface area contributed by atoms with Gasteiger partial charge in [-0.05, 0) is 6.92 Å². The number of hydrogen-bond donors (Lipinski definition) is 0. The van der Waals surface area contributed by atoms with Crippen LogP contribution in [-0.4, -0.2) is 42.1 Å². The molecule has 0 spiro atoms. The number of carbonyl (C=O) groups excluding carboxylic acids is 1. The predicted molar refractivity (Wildman–Crippen MR) is 62.6 cm³/mol. The molecule has 6 nitrogen and oxygen atoms in total. The van der Waals surface area contributed by atoms with Crippen molar-refractivity contribution in [2.24, 2.45) is 0 Å². The number of rotatable bonds is 3. The van der Waals surface area contributed by atoms with Gasteiger partial charge in [-0.3, -0.25) is 4.79 Å². The summed E-state index contributed by atoms with van der Waals surface area (Å²) in [5, 5.41) is 2.82. The van der Waals surface area contributed by atoms with Gasteiger partial charge in [0.25, 0.3) is 0 Å².